The molecule has 0 spiro atoms. The lowest BCUT2D eigenvalue weighted by Crippen LogP contribution is -2.60. The van der Waals surface area contributed by atoms with Gasteiger partial charge in [-0.05, 0) is 18.4 Å². The maximum atomic E-state index is 12.5. The lowest BCUT2D eigenvalue weighted by Gasteiger charge is -2.47. The zero-order valence-electron chi connectivity index (χ0n) is 9.80. The van der Waals surface area contributed by atoms with E-state index in [1.54, 1.807) is 4.90 Å². The number of rotatable bonds is 2. The van der Waals surface area contributed by atoms with E-state index in [1.807, 2.05) is 30.3 Å². The summed E-state index contributed by atoms with van der Waals surface area (Å²) in [6.45, 7) is 1.01. The van der Waals surface area contributed by atoms with Crippen molar-refractivity contribution < 1.29 is 9.90 Å². The van der Waals surface area contributed by atoms with Crippen LogP contribution in [0.1, 0.15) is 24.8 Å². The number of β-amino-alcohol motifs (C(OH)–C–C–N with tert-alkyl or cyclic N) is 1. The summed E-state index contributed by atoms with van der Waals surface area (Å²) < 4.78 is 0. The Hall–Kier alpha value is -1.35. The van der Waals surface area contributed by atoms with Crippen LogP contribution in [-0.2, 0) is 10.2 Å². The van der Waals surface area contributed by atoms with Gasteiger partial charge in [0, 0.05) is 13.1 Å². The second-order valence-corrected chi connectivity index (χ2v) is 5.17. The maximum absolute atomic E-state index is 12.5. The fourth-order valence-electron chi connectivity index (χ4n) is 2.84. The SMILES string of the molecule is O=C(N1CC(O)C1)C1(c2ccccc2)CCC1. The Balaban J connectivity index is 1.85. The van der Waals surface area contributed by atoms with Crippen molar-refractivity contribution in [2.75, 3.05) is 13.1 Å². The first kappa shape index (κ1) is 10.8. The number of carbonyl (C=O) groups excluding carboxylic acids is 1. The summed E-state index contributed by atoms with van der Waals surface area (Å²) in [7, 11) is 0. The number of amides is 1. The zero-order chi connectivity index (χ0) is 11.9. The average Bonchev–Trinajstić information content (AvgIpc) is 2.25. The molecule has 1 amide bonds. The summed E-state index contributed by atoms with van der Waals surface area (Å²) in [6.07, 6.45) is 2.70. The molecule has 1 aliphatic heterocycles. The van der Waals surface area contributed by atoms with Crippen LogP contribution in [0.15, 0.2) is 30.3 Å². The molecule has 1 heterocycles. The van der Waals surface area contributed by atoms with Gasteiger partial charge < -0.3 is 10.0 Å². The molecule has 1 saturated carbocycles. The Bertz CT molecular complexity index is 419. The van der Waals surface area contributed by atoms with Crippen LogP contribution in [0.4, 0.5) is 0 Å². The van der Waals surface area contributed by atoms with Crippen LogP contribution in [-0.4, -0.2) is 35.1 Å². The highest BCUT2D eigenvalue weighted by Gasteiger charge is 2.49. The molecule has 1 aromatic rings. The van der Waals surface area contributed by atoms with Crippen molar-refractivity contribution in [2.45, 2.75) is 30.8 Å². The molecule has 3 heteroatoms. The third-order valence-electron chi connectivity index (χ3n) is 4.09. The lowest BCUT2D eigenvalue weighted by atomic mass is 9.63. The Morgan fingerprint density at radius 3 is 2.35 bits per heavy atom. The molecular weight excluding hydrogens is 214 g/mol. The number of carbonyl (C=O) groups is 1. The molecule has 1 aromatic carbocycles. The van der Waals surface area contributed by atoms with E-state index in [0.29, 0.717) is 13.1 Å². The highest BCUT2D eigenvalue weighted by Crippen LogP contribution is 2.45. The second-order valence-electron chi connectivity index (χ2n) is 5.17. The van der Waals surface area contributed by atoms with E-state index in [-0.39, 0.29) is 17.4 Å². The van der Waals surface area contributed by atoms with Crippen molar-refractivity contribution in [3.05, 3.63) is 35.9 Å². The molecule has 3 rings (SSSR count). The number of aliphatic hydroxyl groups is 1. The molecule has 2 aliphatic rings. The van der Waals surface area contributed by atoms with Crippen LogP contribution in [0.3, 0.4) is 0 Å². The fourth-order valence-corrected chi connectivity index (χ4v) is 2.84. The molecule has 0 atom stereocenters. The maximum Gasteiger partial charge on any atom is 0.233 e. The third kappa shape index (κ3) is 1.57. The fraction of sp³-hybridized carbons (Fsp3) is 0.500. The molecule has 17 heavy (non-hydrogen) atoms. The predicted molar refractivity (Wildman–Crippen MR) is 64.6 cm³/mol. The minimum Gasteiger partial charge on any atom is -0.389 e. The predicted octanol–water partition coefficient (Wildman–Crippen LogP) is 1.31. The molecule has 3 nitrogen and oxygen atoms in total. The molecule has 0 aromatic heterocycles. The third-order valence-corrected chi connectivity index (χ3v) is 4.09. The zero-order valence-corrected chi connectivity index (χ0v) is 9.80. The minimum absolute atomic E-state index is 0.209. The Labute approximate surface area is 101 Å². The van der Waals surface area contributed by atoms with Crippen molar-refractivity contribution in [2.24, 2.45) is 0 Å². The van der Waals surface area contributed by atoms with Crippen LogP contribution in [0.5, 0.6) is 0 Å². The van der Waals surface area contributed by atoms with Crippen LogP contribution in [0.25, 0.3) is 0 Å². The normalized spacial score (nSPS) is 22.8. The van der Waals surface area contributed by atoms with Crippen LogP contribution >= 0.6 is 0 Å². The van der Waals surface area contributed by atoms with E-state index in [0.717, 1.165) is 24.8 Å². The summed E-state index contributed by atoms with van der Waals surface area (Å²) >= 11 is 0. The van der Waals surface area contributed by atoms with Gasteiger partial charge >= 0.3 is 0 Å². The second kappa shape index (κ2) is 3.84. The van der Waals surface area contributed by atoms with E-state index in [4.69, 9.17) is 0 Å². The van der Waals surface area contributed by atoms with Gasteiger partial charge in [0.05, 0.1) is 11.5 Å². The van der Waals surface area contributed by atoms with Crippen LogP contribution in [0, 0.1) is 0 Å². The average molecular weight is 231 g/mol. The summed E-state index contributed by atoms with van der Waals surface area (Å²) in [5, 5.41) is 9.30. The van der Waals surface area contributed by atoms with E-state index < -0.39 is 0 Å². The number of hydrogen-bond donors (Lipinski definition) is 1. The van der Waals surface area contributed by atoms with Gasteiger partial charge in [-0.25, -0.2) is 0 Å². The summed E-state index contributed by atoms with van der Waals surface area (Å²) in [5.74, 6) is 0.209. The smallest absolute Gasteiger partial charge is 0.233 e. The molecule has 1 saturated heterocycles. The van der Waals surface area contributed by atoms with Gasteiger partial charge in [-0.3, -0.25) is 4.79 Å². The standard InChI is InChI=1S/C14H17NO2/c16-12-9-15(10-12)13(17)14(7-4-8-14)11-5-2-1-3-6-11/h1-3,5-6,12,16H,4,7-10H2. The number of likely N-dealkylation sites (tertiary alicyclic amines) is 1. The topological polar surface area (TPSA) is 40.5 Å². The Kier molecular flexibility index (Phi) is 2.44. The number of aliphatic hydroxyl groups excluding tert-OH is 1. The van der Waals surface area contributed by atoms with Crippen molar-refractivity contribution >= 4 is 5.91 Å². The van der Waals surface area contributed by atoms with Gasteiger partial charge in [0.15, 0.2) is 0 Å². The first-order valence-corrected chi connectivity index (χ1v) is 6.25. The van der Waals surface area contributed by atoms with E-state index >= 15 is 0 Å². The highest BCUT2D eigenvalue weighted by molar-refractivity contribution is 5.90. The van der Waals surface area contributed by atoms with Crippen molar-refractivity contribution in [1.29, 1.82) is 0 Å². The van der Waals surface area contributed by atoms with Crippen molar-refractivity contribution in [3.63, 3.8) is 0 Å². The van der Waals surface area contributed by atoms with E-state index in [1.165, 1.54) is 0 Å². The quantitative estimate of drug-likeness (QED) is 0.833. The Morgan fingerprint density at radius 2 is 1.88 bits per heavy atom. The molecule has 0 radical (unpaired) electrons. The van der Waals surface area contributed by atoms with Crippen LogP contribution in [0.2, 0.25) is 0 Å². The van der Waals surface area contributed by atoms with Gasteiger partial charge in [0.2, 0.25) is 5.91 Å². The minimum atomic E-state index is -0.313. The molecule has 2 fully saturated rings. The summed E-state index contributed by atoms with van der Waals surface area (Å²) in [4.78, 5) is 14.3. The number of hydrogen-bond acceptors (Lipinski definition) is 2. The summed E-state index contributed by atoms with van der Waals surface area (Å²) in [5.41, 5.74) is 0.846. The highest BCUT2D eigenvalue weighted by atomic mass is 16.3. The summed E-state index contributed by atoms with van der Waals surface area (Å²) in [6, 6.07) is 10.1. The van der Waals surface area contributed by atoms with Gasteiger partial charge in [-0.2, -0.15) is 0 Å². The van der Waals surface area contributed by atoms with Crippen molar-refractivity contribution in [1.82, 2.24) is 4.90 Å². The van der Waals surface area contributed by atoms with E-state index in [9.17, 15) is 9.90 Å². The van der Waals surface area contributed by atoms with Crippen LogP contribution < -0.4 is 0 Å². The lowest BCUT2D eigenvalue weighted by molar-refractivity contribution is -0.151. The van der Waals surface area contributed by atoms with Gasteiger partial charge in [0.1, 0.15) is 0 Å². The molecule has 1 aliphatic carbocycles. The molecule has 90 valence electrons. The number of nitrogens with zero attached hydrogens (tertiary/aromatic N) is 1. The van der Waals surface area contributed by atoms with Gasteiger partial charge in [-0.1, -0.05) is 36.8 Å². The van der Waals surface area contributed by atoms with Gasteiger partial charge in [0.25, 0.3) is 0 Å². The largest absolute Gasteiger partial charge is 0.389 e. The first-order chi connectivity index (χ1) is 8.22. The number of benzene rings is 1. The van der Waals surface area contributed by atoms with Crippen molar-refractivity contribution in [3.8, 4) is 0 Å². The monoisotopic (exact) mass is 231 g/mol. The molecular formula is C14H17NO2. The van der Waals surface area contributed by atoms with Gasteiger partial charge in [-0.15, -0.1) is 0 Å². The first-order valence-electron chi connectivity index (χ1n) is 6.25. The molecule has 1 N–H and O–H groups in total. The Morgan fingerprint density at radius 1 is 1.24 bits per heavy atom. The molecule has 0 unspecified atom stereocenters. The molecule has 0 bridgehead atoms. The van der Waals surface area contributed by atoms with E-state index in [2.05, 4.69) is 0 Å².